The molecule has 270 valence electrons. The Morgan fingerprint density at radius 1 is 0.491 bits per heavy atom. The summed E-state index contributed by atoms with van der Waals surface area (Å²) in [5, 5.41) is 4.66. The highest BCUT2D eigenvalue weighted by Gasteiger charge is 2.24. The molecule has 10 aromatic rings. The highest BCUT2D eigenvalue weighted by atomic mass is 15.2. The normalized spacial score (nSPS) is 14.2. The van der Waals surface area contributed by atoms with Crippen LogP contribution in [0.3, 0.4) is 0 Å². The van der Waals surface area contributed by atoms with Crippen molar-refractivity contribution in [3.63, 3.8) is 0 Å². The number of likely N-dealkylation sites (N-methyl/N-ethyl adjacent to an activating group) is 1. The number of hydrogen-bond donors (Lipinski definition) is 0. The summed E-state index contributed by atoms with van der Waals surface area (Å²) < 4.78 is 4.66. The van der Waals surface area contributed by atoms with Crippen LogP contribution in [-0.2, 0) is 0 Å². The molecule has 0 bridgehead atoms. The second kappa shape index (κ2) is 13.3. The molecular formula is C51H36N6. The van der Waals surface area contributed by atoms with E-state index in [9.17, 15) is 0 Å². The molecule has 6 heteroatoms. The lowest BCUT2D eigenvalue weighted by atomic mass is 9.99. The maximum atomic E-state index is 5.46. The van der Waals surface area contributed by atoms with Crippen molar-refractivity contribution in [3.05, 3.63) is 206 Å². The summed E-state index contributed by atoms with van der Waals surface area (Å²) in [4.78, 5) is 18.1. The summed E-state index contributed by atoms with van der Waals surface area (Å²) in [5.74, 6) is 0.598. The van der Waals surface area contributed by atoms with Gasteiger partial charge >= 0.3 is 0 Å². The van der Waals surface area contributed by atoms with Gasteiger partial charge in [-0.1, -0.05) is 140 Å². The van der Waals surface area contributed by atoms with Crippen LogP contribution in [0.4, 0.5) is 0 Å². The van der Waals surface area contributed by atoms with E-state index in [1.54, 1.807) is 0 Å². The van der Waals surface area contributed by atoms with Crippen molar-refractivity contribution in [2.75, 3.05) is 7.05 Å². The van der Waals surface area contributed by atoms with Crippen molar-refractivity contribution < 1.29 is 0 Å². The summed E-state index contributed by atoms with van der Waals surface area (Å²) in [6.45, 7) is 0. The van der Waals surface area contributed by atoms with Crippen molar-refractivity contribution in [2.45, 2.75) is 6.04 Å². The Morgan fingerprint density at radius 3 is 1.75 bits per heavy atom. The molecule has 6 nitrogen and oxygen atoms in total. The summed E-state index contributed by atoms with van der Waals surface area (Å²) in [6.07, 6.45) is 8.58. The predicted octanol–water partition coefficient (Wildman–Crippen LogP) is 12.0. The van der Waals surface area contributed by atoms with Crippen LogP contribution in [0.25, 0.3) is 83.3 Å². The van der Waals surface area contributed by atoms with Crippen LogP contribution in [0.1, 0.15) is 17.3 Å². The minimum atomic E-state index is 0.121. The molecule has 0 amide bonds. The average Bonchev–Trinajstić information content (AvgIpc) is 3.80. The van der Waals surface area contributed by atoms with Crippen LogP contribution in [0.5, 0.6) is 0 Å². The van der Waals surface area contributed by atoms with Gasteiger partial charge in [-0.3, -0.25) is 9.55 Å². The lowest BCUT2D eigenvalue weighted by molar-refractivity contribution is 0.392. The second-order valence-electron chi connectivity index (χ2n) is 14.6. The van der Waals surface area contributed by atoms with Gasteiger partial charge in [0.1, 0.15) is 0 Å². The van der Waals surface area contributed by atoms with Gasteiger partial charge < -0.3 is 9.47 Å². The van der Waals surface area contributed by atoms with Gasteiger partial charge in [-0.05, 0) is 48.0 Å². The van der Waals surface area contributed by atoms with Gasteiger partial charge in [0, 0.05) is 63.4 Å². The maximum Gasteiger partial charge on any atom is 0.235 e. The summed E-state index contributed by atoms with van der Waals surface area (Å²) in [7, 11) is 2.13. The quantitative estimate of drug-likeness (QED) is 0.171. The summed E-state index contributed by atoms with van der Waals surface area (Å²) in [6, 6.07) is 59.7. The zero-order valence-electron chi connectivity index (χ0n) is 31.2. The van der Waals surface area contributed by atoms with Gasteiger partial charge in [0.2, 0.25) is 5.95 Å². The van der Waals surface area contributed by atoms with Gasteiger partial charge in [0.05, 0.1) is 45.2 Å². The van der Waals surface area contributed by atoms with E-state index in [-0.39, 0.29) is 6.04 Å². The molecule has 11 rings (SSSR count). The van der Waals surface area contributed by atoms with Gasteiger partial charge in [-0.25, -0.2) is 9.97 Å². The highest BCUT2D eigenvalue weighted by Crippen LogP contribution is 2.42. The first-order valence-corrected chi connectivity index (χ1v) is 19.3. The van der Waals surface area contributed by atoms with Crippen LogP contribution in [0.2, 0.25) is 0 Å². The van der Waals surface area contributed by atoms with E-state index >= 15 is 0 Å². The Morgan fingerprint density at radius 2 is 1.09 bits per heavy atom. The fraction of sp³-hybridized carbons (Fsp3) is 0.0392. The van der Waals surface area contributed by atoms with Gasteiger partial charge in [0.15, 0.2) is 0 Å². The monoisotopic (exact) mass is 732 g/mol. The number of fused-ring (bicyclic) bond motifs is 7. The SMILES string of the molecule is CN1C=C(c2cc(-c3ccc(-c4ccccc4)nc3)nc(-n3c4ccccc4c4ccc5c6ccccc6n(-c6ccccc6)c5c43)n2)C=CC1c1ccccc1. The molecular weight excluding hydrogens is 697 g/mol. The van der Waals surface area contributed by atoms with E-state index in [0.29, 0.717) is 5.95 Å². The summed E-state index contributed by atoms with van der Waals surface area (Å²) in [5.41, 5.74) is 12.2. The van der Waals surface area contributed by atoms with Gasteiger partial charge in [-0.2, -0.15) is 0 Å². The molecule has 0 N–H and O–H groups in total. The number of rotatable bonds is 6. The van der Waals surface area contributed by atoms with Gasteiger partial charge in [-0.15, -0.1) is 0 Å². The molecule has 1 atom stereocenters. The Labute approximate surface area is 330 Å². The lowest BCUT2D eigenvalue weighted by Gasteiger charge is -2.28. The van der Waals surface area contributed by atoms with Crippen molar-refractivity contribution in [1.29, 1.82) is 0 Å². The third-order valence-electron chi connectivity index (χ3n) is 11.2. The van der Waals surface area contributed by atoms with E-state index in [1.807, 2.05) is 24.4 Å². The van der Waals surface area contributed by atoms with Crippen LogP contribution >= 0.6 is 0 Å². The third-order valence-corrected chi connectivity index (χ3v) is 11.2. The van der Waals surface area contributed by atoms with Crippen molar-refractivity contribution >= 4 is 49.2 Å². The Kier molecular flexibility index (Phi) is 7.67. The third kappa shape index (κ3) is 5.45. The largest absolute Gasteiger partial charge is 0.369 e. The molecule has 0 aliphatic carbocycles. The second-order valence-corrected chi connectivity index (χ2v) is 14.6. The molecule has 1 unspecified atom stereocenters. The topological polar surface area (TPSA) is 51.8 Å². The van der Waals surface area contributed by atoms with Gasteiger partial charge in [0.25, 0.3) is 0 Å². The van der Waals surface area contributed by atoms with Crippen LogP contribution in [0.15, 0.2) is 194 Å². The summed E-state index contributed by atoms with van der Waals surface area (Å²) >= 11 is 0. The van der Waals surface area contributed by atoms with Crippen LogP contribution in [0, 0.1) is 0 Å². The molecule has 0 saturated carbocycles. The Balaban J connectivity index is 1.18. The van der Waals surface area contributed by atoms with Crippen LogP contribution < -0.4 is 0 Å². The molecule has 5 heterocycles. The standard InChI is InChI=1S/C51H36N6/c1-55-33-37(26-30-46(55)35-17-7-3-8-18-35)45-31-44(36-25-29-43(52-32-36)34-15-5-2-6-16-34)53-51(54-45)57-48-24-14-12-22-40(48)42-28-27-41-39-21-11-13-23-47(39)56(49(41)50(42)57)38-19-9-4-10-20-38/h2-33,46H,1H3. The first-order chi connectivity index (χ1) is 28.2. The van der Waals surface area contributed by atoms with E-state index in [0.717, 1.165) is 72.3 Å². The van der Waals surface area contributed by atoms with E-state index in [4.69, 9.17) is 15.0 Å². The first kappa shape index (κ1) is 32.8. The zero-order chi connectivity index (χ0) is 37.9. The number of hydrogen-bond acceptors (Lipinski definition) is 4. The minimum absolute atomic E-state index is 0.121. The number of para-hydroxylation sites is 3. The molecule has 1 aliphatic heterocycles. The van der Waals surface area contributed by atoms with Crippen molar-refractivity contribution in [2.24, 2.45) is 0 Å². The van der Waals surface area contributed by atoms with Crippen molar-refractivity contribution in [1.82, 2.24) is 29.0 Å². The minimum Gasteiger partial charge on any atom is -0.369 e. The number of nitrogens with zero attached hydrogens (tertiary/aromatic N) is 6. The first-order valence-electron chi connectivity index (χ1n) is 19.3. The molecule has 1 aliphatic rings. The van der Waals surface area contributed by atoms with E-state index in [1.165, 1.54) is 16.3 Å². The van der Waals surface area contributed by atoms with Crippen molar-refractivity contribution in [3.8, 4) is 34.2 Å². The molecule has 0 spiro atoms. The molecule has 57 heavy (non-hydrogen) atoms. The number of aromatic nitrogens is 5. The molecule has 4 aromatic heterocycles. The van der Waals surface area contributed by atoms with E-state index in [2.05, 4.69) is 191 Å². The Bertz CT molecular complexity index is 3180. The fourth-order valence-electron chi connectivity index (χ4n) is 8.53. The zero-order valence-corrected chi connectivity index (χ0v) is 31.2. The smallest absolute Gasteiger partial charge is 0.235 e. The molecule has 0 saturated heterocycles. The fourth-order valence-corrected chi connectivity index (χ4v) is 8.53. The molecule has 0 fully saturated rings. The number of pyridine rings is 1. The van der Waals surface area contributed by atoms with Crippen LogP contribution in [-0.4, -0.2) is 36.0 Å². The average molecular weight is 733 g/mol. The predicted molar refractivity (Wildman–Crippen MR) is 233 cm³/mol. The molecule has 6 aromatic carbocycles. The lowest BCUT2D eigenvalue weighted by Crippen LogP contribution is -2.20. The highest BCUT2D eigenvalue weighted by molar-refractivity contribution is 6.23. The van der Waals surface area contributed by atoms with E-state index < -0.39 is 0 Å². The maximum absolute atomic E-state index is 5.46. The molecule has 0 radical (unpaired) electrons. The number of allylic oxidation sites excluding steroid dienone is 2. The number of benzene rings is 6. The Hall–Kier alpha value is -7.57.